The molecule has 1 amide bonds. The van der Waals surface area contributed by atoms with Crippen LogP contribution >= 0.6 is 12.2 Å². The van der Waals surface area contributed by atoms with E-state index in [0.717, 1.165) is 51.6 Å². The average Bonchev–Trinajstić information content (AvgIpc) is 3.46. The molecule has 1 aliphatic heterocycles. The number of aromatic nitrogens is 2. The number of anilines is 1. The molecule has 42 heavy (non-hydrogen) atoms. The topological polar surface area (TPSA) is 99.5 Å². The molecule has 3 heterocycles. The van der Waals surface area contributed by atoms with Gasteiger partial charge in [0.2, 0.25) is 5.91 Å². The van der Waals surface area contributed by atoms with Crippen LogP contribution in [-0.2, 0) is 11.2 Å². The van der Waals surface area contributed by atoms with Gasteiger partial charge in [0.05, 0.1) is 23.3 Å². The highest BCUT2D eigenvalue weighted by Gasteiger charge is 2.41. The highest BCUT2D eigenvalue weighted by molar-refractivity contribution is 7.80. The summed E-state index contributed by atoms with van der Waals surface area (Å²) in [5.41, 5.74) is 7.77. The van der Waals surface area contributed by atoms with Gasteiger partial charge in [-0.2, -0.15) is 0 Å². The first-order valence-electron chi connectivity index (χ1n) is 14.1. The van der Waals surface area contributed by atoms with Crippen LogP contribution in [0.25, 0.3) is 5.69 Å². The van der Waals surface area contributed by atoms with E-state index in [0.29, 0.717) is 11.7 Å². The number of carboxylic acid groups (broad SMARTS) is 1. The summed E-state index contributed by atoms with van der Waals surface area (Å²) in [4.78, 5) is 31.6. The van der Waals surface area contributed by atoms with E-state index in [-0.39, 0.29) is 30.0 Å². The van der Waals surface area contributed by atoms with Gasteiger partial charge < -0.3 is 25.2 Å². The van der Waals surface area contributed by atoms with Crippen LogP contribution in [0.15, 0.2) is 72.9 Å². The van der Waals surface area contributed by atoms with Crippen molar-refractivity contribution in [3.63, 3.8) is 0 Å². The number of rotatable bonds is 9. The summed E-state index contributed by atoms with van der Waals surface area (Å²) in [6.45, 7) is 8.51. The quantitative estimate of drug-likeness (QED) is 0.207. The number of carbonyl (C=O) groups is 2. The Balaban J connectivity index is 1.50. The Morgan fingerprint density at radius 1 is 1.05 bits per heavy atom. The van der Waals surface area contributed by atoms with E-state index in [4.69, 9.17) is 12.2 Å². The second-order valence-electron chi connectivity index (χ2n) is 10.6. The number of pyridine rings is 1. The number of amides is 1. The van der Waals surface area contributed by atoms with Crippen molar-refractivity contribution in [2.45, 2.75) is 52.6 Å². The van der Waals surface area contributed by atoms with Crippen molar-refractivity contribution in [3.05, 3.63) is 112 Å². The van der Waals surface area contributed by atoms with Gasteiger partial charge in [-0.15, -0.1) is 0 Å². The number of carbonyl (C=O) groups excluding carboxylic acids is 1. The van der Waals surface area contributed by atoms with Gasteiger partial charge in [0, 0.05) is 41.9 Å². The highest BCUT2D eigenvalue weighted by Crippen LogP contribution is 2.41. The van der Waals surface area contributed by atoms with Crippen molar-refractivity contribution in [3.8, 4) is 5.69 Å². The van der Waals surface area contributed by atoms with Crippen LogP contribution in [0.4, 0.5) is 5.69 Å². The third-order valence-corrected chi connectivity index (χ3v) is 8.29. The number of aryl methyl sites for hydroxylation is 3. The molecule has 5 rings (SSSR count). The fraction of sp³-hybridized carbons (Fsp3) is 0.273. The molecule has 2 atom stereocenters. The highest BCUT2D eigenvalue weighted by atomic mass is 32.1. The minimum absolute atomic E-state index is 0.0784. The van der Waals surface area contributed by atoms with Crippen molar-refractivity contribution < 1.29 is 14.7 Å². The smallest absolute Gasteiger partial charge is 0.335 e. The van der Waals surface area contributed by atoms with Crippen LogP contribution < -0.4 is 10.6 Å². The predicted molar refractivity (Wildman–Crippen MR) is 168 cm³/mol. The van der Waals surface area contributed by atoms with Gasteiger partial charge in [-0.05, 0) is 92.5 Å². The third kappa shape index (κ3) is 5.65. The SMILES string of the molecule is CCc1ccccc1NC(=O)CCN1C(=S)N[C@@H](c2ccccn2)[C@H]1c1cc(C)n(-c2cc(C(=O)O)ccc2C)c1C. The lowest BCUT2D eigenvalue weighted by Gasteiger charge is -2.28. The number of thiocarbonyl (C=S) groups is 1. The number of para-hydroxylation sites is 1. The molecule has 0 bridgehead atoms. The number of benzene rings is 2. The summed E-state index contributed by atoms with van der Waals surface area (Å²) in [6.07, 6.45) is 2.85. The molecule has 0 unspecified atom stereocenters. The van der Waals surface area contributed by atoms with Crippen molar-refractivity contribution in [1.82, 2.24) is 19.8 Å². The zero-order valence-electron chi connectivity index (χ0n) is 24.2. The lowest BCUT2D eigenvalue weighted by Crippen LogP contribution is -2.33. The monoisotopic (exact) mass is 581 g/mol. The van der Waals surface area contributed by atoms with E-state index in [1.165, 1.54) is 0 Å². The largest absolute Gasteiger partial charge is 0.478 e. The van der Waals surface area contributed by atoms with E-state index >= 15 is 0 Å². The fourth-order valence-corrected chi connectivity index (χ4v) is 6.14. The van der Waals surface area contributed by atoms with Crippen LogP contribution in [-0.4, -0.2) is 43.1 Å². The van der Waals surface area contributed by atoms with Crippen LogP contribution in [0.1, 0.15) is 69.6 Å². The van der Waals surface area contributed by atoms with Crippen LogP contribution in [0.2, 0.25) is 0 Å². The van der Waals surface area contributed by atoms with E-state index in [9.17, 15) is 14.7 Å². The minimum Gasteiger partial charge on any atom is -0.478 e. The van der Waals surface area contributed by atoms with E-state index in [1.54, 1.807) is 18.3 Å². The molecule has 8 nitrogen and oxygen atoms in total. The van der Waals surface area contributed by atoms with Crippen molar-refractivity contribution in [2.75, 3.05) is 11.9 Å². The molecule has 4 aromatic rings. The second kappa shape index (κ2) is 12.2. The van der Waals surface area contributed by atoms with Crippen LogP contribution in [0.3, 0.4) is 0 Å². The Labute approximate surface area is 251 Å². The van der Waals surface area contributed by atoms with Gasteiger partial charge in [0.1, 0.15) is 0 Å². The Morgan fingerprint density at radius 2 is 1.81 bits per heavy atom. The van der Waals surface area contributed by atoms with Crippen molar-refractivity contribution in [1.29, 1.82) is 0 Å². The molecular formula is C33H35N5O3S. The summed E-state index contributed by atoms with van der Waals surface area (Å²) < 4.78 is 2.10. The third-order valence-electron chi connectivity index (χ3n) is 7.94. The molecule has 3 N–H and O–H groups in total. The van der Waals surface area contributed by atoms with Crippen molar-refractivity contribution in [2.24, 2.45) is 0 Å². The summed E-state index contributed by atoms with van der Waals surface area (Å²) in [7, 11) is 0. The molecule has 1 fully saturated rings. The Bertz CT molecular complexity index is 1650. The fourth-order valence-electron chi connectivity index (χ4n) is 5.81. The van der Waals surface area contributed by atoms with Crippen molar-refractivity contribution >= 4 is 34.9 Å². The molecule has 216 valence electrons. The van der Waals surface area contributed by atoms with Crippen LogP contribution in [0, 0.1) is 20.8 Å². The Kier molecular flexibility index (Phi) is 8.40. The zero-order chi connectivity index (χ0) is 30.0. The predicted octanol–water partition coefficient (Wildman–Crippen LogP) is 6.06. The number of aromatic carboxylic acids is 1. The van der Waals surface area contributed by atoms with Gasteiger partial charge >= 0.3 is 5.97 Å². The second-order valence-corrected chi connectivity index (χ2v) is 11.0. The molecule has 9 heteroatoms. The summed E-state index contributed by atoms with van der Waals surface area (Å²) in [5.74, 6) is -1.05. The molecule has 1 saturated heterocycles. The lowest BCUT2D eigenvalue weighted by atomic mass is 9.96. The molecule has 2 aromatic carbocycles. The van der Waals surface area contributed by atoms with Gasteiger partial charge in [0.15, 0.2) is 5.11 Å². The first-order chi connectivity index (χ1) is 20.2. The van der Waals surface area contributed by atoms with Crippen LogP contribution in [0.5, 0.6) is 0 Å². The van der Waals surface area contributed by atoms with E-state index in [1.807, 2.05) is 69.3 Å². The molecule has 0 spiro atoms. The maximum atomic E-state index is 13.1. The van der Waals surface area contributed by atoms with Gasteiger partial charge in [-0.25, -0.2) is 4.79 Å². The first kappa shape index (κ1) is 29.0. The summed E-state index contributed by atoms with van der Waals surface area (Å²) in [5, 5.41) is 16.7. The molecule has 0 aliphatic carbocycles. The molecular weight excluding hydrogens is 546 g/mol. The molecule has 2 aromatic heterocycles. The molecule has 1 aliphatic rings. The standard InChI is InChI=1S/C33H35N5O3S/c1-5-23-10-6-7-11-26(23)35-29(39)15-17-37-31(30(36-33(37)42)27-12-8-9-16-34-27)25-18-21(3)38(22(25)4)28-19-24(32(40)41)14-13-20(28)2/h6-14,16,18-19,30-31H,5,15,17H2,1-4H3,(H,35,39)(H,36,42)(H,40,41)/t30-,31+/m0/s1. The van der Waals surface area contributed by atoms with Gasteiger partial charge in [-0.1, -0.05) is 37.3 Å². The lowest BCUT2D eigenvalue weighted by molar-refractivity contribution is -0.116. The molecule has 0 saturated carbocycles. The zero-order valence-corrected chi connectivity index (χ0v) is 25.0. The normalized spacial score (nSPS) is 16.4. The average molecular weight is 582 g/mol. The number of hydrogen-bond acceptors (Lipinski definition) is 4. The van der Waals surface area contributed by atoms with E-state index < -0.39 is 5.97 Å². The maximum Gasteiger partial charge on any atom is 0.335 e. The molecule has 0 radical (unpaired) electrons. The Hall–Kier alpha value is -4.50. The summed E-state index contributed by atoms with van der Waals surface area (Å²) >= 11 is 5.84. The minimum atomic E-state index is -0.967. The van der Waals surface area contributed by atoms with Gasteiger partial charge in [0.25, 0.3) is 0 Å². The van der Waals surface area contributed by atoms with Gasteiger partial charge in [-0.3, -0.25) is 9.78 Å². The number of nitrogens with zero attached hydrogens (tertiary/aromatic N) is 3. The maximum absolute atomic E-state index is 13.1. The Morgan fingerprint density at radius 3 is 2.52 bits per heavy atom. The number of carboxylic acids is 1. The summed E-state index contributed by atoms with van der Waals surface area (Å²) in [6, 6.07) is 20.5. The van der Waals surface area contributed by atoms with E-state index in [2.05, 4.69) is 38.1 Å². The number of nitrogens with one attached hydrogen (secondary N) is 2. The first-order valence-corrected chi connectivity index (χ1v) is 14.5. The number of hydrogen-bond donors (Lipinski definition) is 3.